The highest BCUT2D eigenvalue weighted by molar-refractivity contribution is 6.18. The van der Waals surface area contributed by atoms with Crippen LogP contribution < -0.4 is 4.74 Å². The molecule has 39 heavy (non-hydrogen) atoms. The molecule has 0 unspecified atom stereocenters. The van der Waals surface area contributed by atoms with Crippen LogP contribution in [0.4, 0.5) is 0 Å². The number of ether oxygens (including phenoxy) is 1. The highest BCUT2D eigenvalue weighted by Crippen LogP contribution is 2.13. The standard InChI is InChI=1S/C24H31ClN2O.C3H6.3C2H6.CH3Cl/c1-5-21(9-7-8-20(3)16-18-25)17-19-27(6-2)24(26)15-12-22-10-13-23(28-4)14-11-22;1-3-2;4*1-2/h5,7,9-17,19,26H,6,8,18H2,1-4H3;3H,1H2,2H3;3*1-2H3;1H3/b9-7-,15-12+,19-17+,20-16+,21-5+,26-24?;;;;;. The third kappa shape index (κ3) is 29.9. The van der Waals surface area contributed by atoms with Crippen molar-refractivity contribution in [1.82, 2.24) is 4.90 Å². The van der Waals surface area contributed by atoms with Crippen molar-refractivity contribution in [3.63, 3.8) is 0 Å². The second-order valence-corrected chi connectivity index (χ2v) is 6.91. The Morgan fingerprint density at radius 3 is 1.90 bits per heavy atom. The first-order chi connectivity index (χ1) is 18.9. The Morgan fingerprint density at radius 2 is 1.49 bits per heavy atom. The number of benzene rings is 1. The molecule has 0 aliphatic carbocycles. The summed E-state index contributed by atoms with van der Waals surface area (Å²) in [5.41, 5.74) is 3.39. The molecule has 0 aliphatic rings. The number of alkyl halides is 2. The molecule has 1 aromatic carbocycles. The first-order valence-electron chi connectivity index (χ1n) is 13.8. The first-order valence-corrected chi connectivity index (χ1v) is 15.1. The third-order valence-electron chi connectivity index (χ3n) is 4.16. The molecule has 224 valence electrons. The van der Waals surface area contributed by atoms with Crippen LogP contribution in [0, 0.1) is 5.41 Å². The molecular formula is C34H58Cl2N2O. The Hall–Kier alpha value is -2.49. The molecule has 1 N–H and O–H groups in total. The molecule has 0 amide bonds. The quantitative estimate of drug-likeness (QED) is 0.0981. The molecule has 1 rings (SSSR count). The van der Waals surface area contributed by atoms with Crippen molar-refractivity contribution in [2.75, 3.05) is 25.9 Å². The number of nitrogens with zero attached hydrogens (tertiary/aromatic N) is 1. The minimum absolute atomic E-state index is 0.440. The van der Waals surface area contributed by atoms with Crippen molar-refractivity contribution < 1.29 is 4.74 Å². The molecule has 3 nitrogen and oxygen atoms in total. The van der Waals surface area contributed by atoms with E-state index in [9.17, 15) is 0 Å². The molecule has 0 fully saturated rings. The van der Waals surface area contributed by atoms with E-state index in [1.54, 1.807) is 19.3 Å². The smallest absolute Gasteiger partial charge is 0.124 e. The average molecular weight is 582 g/mol. The summed E-state index contributed by atoms with van der Waals surface area (Å²) in [6.07, 6.45) is 20.1. The van der Waals surface area contributed by atoms with E-state index in [0.29, 0.717) is 11.7 Å². The van der Waals surface area contributed by atoms with Crippen molar-refractivity contribution in [3.8, 4) is 5.75 Å². The monoisotopic (exact) mass is 580 g/mol. The van der Waals surface area contributed by atoms with Gasteiger partial charge in [0.2, 0.25) is 0 Å². The van der Waals surface area contributed by atoms with Crippen molar-refractivity contribution >= 4 is 35.1 Å². The van der Waals surface area contributed by atoms with Crippen molar-refractivity contribution in [3.05, 3.63) is 96.3 Å². The van der Waals surface area contributed by atoms with E-state index in [-0.39, 0.29) is 0 Å². The summed E-state index contributed by atoms with van der Waals surface area (Å²) >= 11 is 10.4. The van der Waals surface area contributed by atoms with Crippen LogP contribution in [0.1, 0.15) is 81.2 Å². The molecule has 0 saturated carbocycles. The van der Waals surface area contributed by atoms with Gasteiger partial charge in [-0.3, -0.25) is 5.41 Å². The first kappa shape index (κ1) is 46.4. The fourth-order valence-corrected chi connectivity index (χ4v) is 2.63. The van der Waals surface area contributed by atoms with Gasteiger partial charge in [0.1, 0.15) is 11.6 Å². The topological polar surface area (TPSA) is 36.3 Å². The number of rotatable bonds is 10. The lowest BCUT2D eigenvalue weighted by molar-refractivity contribution is 0.415. The summed E-state index contributed by atoms with van der Waals surface area (Å²) in [6.45, 7) is 24.1. The van der Waals surface area contributed by atoms with E-state index >= 15 is 0 Å². The Bertz CT molecular complexity index is 805. The Balaban J connectivity index is -0.000000307. The van der Waals surface area contributed by atoms with E-state index in [1.165, 1.54) is 12.0 Å². The lowest BCUT2D eigenvalue weighted by Gasteiger charge is -2.16. The van der Waals surface area contributed by atoms with Crippen molar-refractivity contribution in [2.24, 2.45) is 0 Å². The fraction of sp³-hybridized carbons (Fsp3) is 0.441. The van der Waals surface area contributed by atoms with Gasteiger partial charge in [0.25, 0.3) is 0 Å². The van der Waals surface area contributed by atoms with Gasteiger partial charge in [0.05, 0.1) is 7.11 Å². The number of halogens is 2. The van der Waals surface area contributed by atoms with Gasteiger partial charge < -0.3 is 9.64 Å². The normalized spacial score (nSPS) is 10.3. The zero-order valence-electron chi connectivity index (χ0n) is 26.9. The highest BCUT2D eigenvalue weighted by Gasteiger charge is 2.00. The maximum Gasteiger partial charge on any atom is 0.124 e. The third-order valence-corrected chi connectivity index (χ3v) is 4.31. The molecule has 0 atom stereocenters. The number of nitrogens with one attached hydrogen (secondary N) is 1. The summed E-state index contributed by atoms with van der Waals surface area (Å²) < 4.78 is 5.16. The number of likely N-dealkylation sites (N-methyl/N-ethyl adjacent to an activating group) is 1. The van der Waals surface area contributed by atoms with Gasteiger partial charge in [-0.2, -0.15) is 0 Å². The zero-order chi connectivity index (χ0) is 31.5. The van der Waals surface area contributed by atoms with Crippen LogP contribution in [-0.2, 0) is 0 Å². The lowest BCUT2D eigenvalue weighted by atomic mass is 10.1. The average Bonchev–Trinajstić information content (AvgIpc) is 3.00. The SMILES string of the molecule is C/C=C(\C=C/C/C(C)=C/CCl)/C=C/N(CC)C(=N)/C=C/c1ccc(OC)cc1.C=CC.CC.CC.CC.CCl. The summed E-state index contributed by atoms with van der Waals surface area (Å²) in [7, 11) is 1.65. The number of hydrogen-bond acceptors (Lipinski definition) is 2. The number of methoxy groups -OCH3 is 1. The minimum Gasteiger partial charge on any atom is -0.497 e. The van der Waals surface area contributed by atoms with Gasteiger partial charge in [-0.15, -0.1) is 29.8 Å². The largest absolute Gasteiger partial charge is 0.497 e. The van der Waals surface area contributed by atoms with Crippen LogP contribution in [-0.4, -0.2) is 36.7 Å². The summed E-state index contributed by atoms with van der Waals surface area (Å²) in [5, 5.41) is 8.32. The summed E-state index contributed by atoms with van der Waals surface area (Å²) in [5.74, 6) is 1.81. The predicted octanol–water partition coefficient (Wildman–Crippen LogP) is 11.7. The minimum atomic E-state index is 0.440. The Morgan fingerprint density at radius 1 is 0.974 bits per heavy atom. The molecule has 0 aliphatic heterocycles. The zero-order valence-corrected chi connectivity index (χ0v) is 28.5. The van der Waals surface area contributed by atoms with Gasteiger partial charge >= 0.3 is 0 Å². The van der Waals surface area contributed by atoms with Crippen molar-refractivity contribution in [2.45, 2.75) is 75.7 Å². The van der Waals surface area contributed by atoms with E-state index in [1.807, 2.05) is 116 Å². The van der Waals surface area contributed by atoms with E-state index in [2.05, 4.69) is 43.3 Å². The summed E-state index contributed by atoms with van der Waals surface area (Å²) in [4.78, 5) is 1.90. The van der Waals surface area contributed by atoms with Gasteiger partial charge in [-0.05, 0) is 69.5 Å². The van der Waals surface area contributed by atoms with Gasteiger partial charge in [0.15, 0.2) is 0 Å². The molecular weight excluding hydrogens is 523 g/mol. The van der Waals surface area contributed by atoms with Gasteiger partial charge in [-0.1, -0.05) is 95.7 Å². The number of amidine groups is 1. The Labute approximate surface area is 253 Å². The van der Waals surface area contributed by atoms with Crippen LogP contribution in [0.25, 0.3) is 6.08 Å². The van der Waals surface area contributed by atoms with Crippen LogP contribution in [0.5, 0.6) is 5.75 Å². The lowest BCUT2D eigenvalue weighted by Crippen LogP contribution is -2.22. The molecule has 0 bridgehead atoms. The van der Waals surface area contributed by atoms with E-state index in [4.69, 9.17) is 21.7 Å². The van der Waals surface area contributed by atoms with Gasteiger partial charge in [0, 0.05) is 25.0 Å². The van der Waals surface area contributed by atoms with Crippen LogP contribution in [0.3, 0.4) is 0 Å². The van der Waals surface area contributed by atoms with Crippen LogP contribution in [0.15, 0.2) is 90.7 Å². The molecule has 0 aromatic heterocycles. The second kappa shape index (κ2) is 40.0. The number of allylic oxidation sites excluding steroid dienone is 8. The number of hydrogen-bond donors (Lipinski definition) is 1. The fourth-order valence-electron chi connectivity index (χ4n) is 2.36. The molecule has 5 heteroatoms. The molecule has 0 radical (unpaired) electrons. The van der Waals surface area contributed by atoms with Gasteiger partial charge in [-0.25, -0.2) is 0 Å². The maximum atomic E-state index is 8.32. The highest BCUT2D eigenvalue weighted by atomic mass is 35.5. The van der Waals surface area contributed by atoms with Crippen molar-refractivity contribution in [1.29, 1.82) is 5.41 Å². The maximum absolute atomic E-state index is 8.32. The molecule has 0 heterocycles. The summed E-state index contributed by atoms with van der Waals surface area (Å²) in [6, 6.07) is 7.77. The molecule has 1 aromatic rings. The van der Waals surface area contributed by atoms with Crippen LogP contribution in [0.2, 0.25) is 0 Å². The second-order valence-electron chi connectivity index (χ2n) is 6.60. The van der Waals surface area contributed by atoms with Crippen LogP contribution >= 0.6 is 23.2 Å². The molecule has 0 saturated heterocycles. The molecule has 0 spiro atoms. The van der Waals surface area contributed by atoms with E-state index in [0.717, 1.165) is 29.9 Å². The Kier molecular flexibility index (Phi) is 47.6. The van der Waals surface area contributed by atoms with E-state index < -0.39 is 0 Å². The predicted molar refractivity (Wildman–Crippen MR) is 185 cm³/mol.